The number of fused-ring (bicyclic) bond motifs is 1. The molecule has 0 spiro atoms. The van der Waals surface area contributed by atoms with Crippen molar-refractivity contribution in [3.63, 3.8) is 0 Å². The molecule has 0 aliphatic rings. The van der Waals surface area contributed by atoms with E-state index in [1.807, 2.05) is 37.3 Å². The Morgan fingerprint density at radius 3 is 2.81 bits per heavy atom. The molecule has 27 heavy (non-hydrogen) atoms. The van der Waals surface area contributed by atoms with Crippen molar-refractivity contribution >= 4 is 22.7 Å². The minimum atomic E-state index is -0.0747. The summed E-state index contributed by atoms with van der Waals surface area (Å²) in [5.41, 5.74) is 1.54. The van der Waals surface area contributed by atoms with E-state index in [2.05, 4.69) is 15.1 Å². The minimum absolute atomic E-state index is 0.0747. The first-order valence-electron chi connectivity index (χ1n) is 8.57. The molecule has 4 aromatic rings. The standard InChI is InChI=1S/C19H17N5O2S/c1-2-17-22-16(23-26-17)12-27-19-21-15-8-4-3-7-14(15)18(25)24(19)11-13-6-5-9-20-10-13/h3-10H,2,11-12H2,1H3. The molecule has 1 aromatic carbocycles. The predicted molar refractivity (Wildman–Crippen MR) is 103 cm³/mol. The zero-order valence-corrected chi connectivity index (χ0v) is 15.5. The number of benzene rings is 1. The van der Waals surface area contributed by atoms with Crippen LogP contribution in [0, 0.1) is 0 Å². The summed E-state index contributed by atoms with van der Waals surface area (Å²) in [5.74, 6) is 1.67. The largest absolute Gasteiger partial charge is 0.339 e. The Hall–Kier alpha value is -3.00. The van der Waals surface area contributed by atoms with Crippen molar-refractivity contribution in [2.24, 2.45) is 0 Å². The summed E-state index contributed by atoms with van der Waals surface area (Å²) in [7, 11) is 0. The Kier molecular flexibility index (Phi) is 4.97. The molecule has 3 heterocycles. The molecule has 0 bridgehead atoms. The monoisotopic (exact) mass is 379 g/mol. The second-order valence-electron chi connectivity index (χ2n) is 5.91. The van der Waals surface area contributed by atoms with Crippen molar-refractivity contribution < 1.29 is 4.52 Å². The third-order valence-electron chi connectivity index (χ3n) is 4.03. The SMILES string of the molecule is CCc1nc(CSc2nc3ccccc3c(=O)n2Cc2cccnc2)no1. The molecule has 0 fully saturated rings. The van der Waals surface area contributed by atoms with Crippen molar-refractivity contribution in [3.05, 3.63) is 76.4 Å². The van der Waals surface area contributed by atoms with E-state index in [-0.39, 0.29) is 5.56 Å². The zero-order chi connectivity index (χ0) is 18.6. The fourth-order valence-electron chi connectivity index (χ4n) is 2.69. The average molecular weight is 379 g/mol. The van der Waals surface area contributed by atoms with E-state index in [1.165, 1.54) is 11.8 Å². The van der Waals surface area contributed by atoms with Crippen LogP contribution >= 0.6 is 11.8 Å². The first-order chi connectivity index (χ1) is 13.2. The van der Waals surface area contributed by atoms with Crippen LogP contribution in [0.5, 0.6) is 0 Å². The van der Waals surface area contributed by atoms with E-state index in [9.17, 15) is 4.79 Å². The maximum Gasteiger partial charge on any atom is 0.262 e. The van der Waals surface area contributed by atoms with Crippen LogP contribution in [0.1, 0.15) is 24.2 Å². The van der Waals surface area contributed by atoms with Crippen LogP contribution < -0.4 is 5.56 Å². The Bertz CT molecular complexity index is 1120. The Balaban J connectivity index is 1.72. The number of nitrogens with zero attached hydrogens (tertiary/aromatic N) is 5. The fourth-order valence-corrected chi connectivity index (χ4v) is 3.53. The fraction of sp³-hybridized carbons (Fsp3) is 0.211. The number of aromatic nitrogens is 5. The van der Waals surface area contributed by atoms with E-state index in [0.717, 1.165) is 5.56 Å². The molecule has 0 radical (unpaired) electrons. The summed E-state index contributed by atoms with van der Waals surface area (Å²) in [6.45, 7) is 2.36. The summed E-state index contributed by atoms with van der Waals surface area (Å²) >= 11 is 1.42. The molecule has 0 unspecified atom stereocenters. The Morgan fingerprint density at radius 2 is 2.04 bits per heavy atom. The van der Waals surface area contributed by atoms with Gasteiger partial charge in [-0.1, -0.05) is 42.0 Å². The lowest BCUT2D eigenvalue weighted by atomic mass is 10.2. The molecule has 3 aromatic heterocycles. The van der Waals surface area contributed by atoms with Gasteiger partial charge in [0, 0.05) is 18.8 Å². The zero-order valence-electron chi connectivity index (χ0n) is 14.7. The molecule has 0 saturated carbocycles. The lowest BCUT2D eigenvalue weighted by Crippen LogP contribution is -2.24. The summed E-state index contributed by atoms with van der Waals surface area (Å²) in [4.78, 5) is 26.2. The lowest BCUT2D eigenvalue weighted by molar-refractivity contribution is 0.378. The highest BCUT2D eigenvalue weighted by Crippen LogP contribution is 2.22. The van der Waals surface area contributed by atoms with Crippen molar-refractivity contribution in [2.45, 2.75) is 30.8 Å². The number of rotatable bonds is 6. The Labute approximate surface area is 159 Å². The molecule has 4 rings (SSSR count). The minimum Gasteiger partial charge on any atom is -0.339 e. The van der Waals surface area contributed by atoms with E-state index in [1.54, 1.807) is 23.0 Å². The van der Waals surface area contributed by atoms with E-state index < -0.39 is 0 Å². The quantitative estimate of drug-likeness (QED) is 0.376. The molecule has 0 atom stereocenters. The maximum atomic E-state index is 13.1. The van der Waals surface area contributed by atoms with Crippen LogP contribution in [-0.2, 0) is 18.7 Å². The van der Waals surface area contributed by atoms with Gasteiger partial charge in [0.2, 0.25) is 5.89 Å². The van der Waals surface area contributed by atoms with Gasteiger partial charge in [0.25, 0.3) is 5.56 Å². The maximum absolute atomic E-state index is 13.1. The molecule has 136 valence electrons. The van der Waals surface area contributed by atoms with Gasteiger partial charge in [-0.15, -0.1) is 0 Å². The molecular weight excluding hydrogens is 362 g/mol. The van der Waals surface area contributed by atoms with Crippen LogP contribution in [0.3, 0.4) is 0 Å². The number of hydrogen-bond acceptors (Lipinski definition) is 7. The molecule has 0 amide bonds. The molecule has 0 aliphatic carbocycles. The first-order valence-corrected chi connectivity index (χ1v) is 9.56. The highest BCUT2D eigenvalue weighted by atomic mass is 32.2. The molecular formula is C19H17N5O2S. The van der Waals surface area contributed by atoms with E-state index >= 15 is 0 Å². The first kappa shape index (κ1) is 17.4. The van der Waals surface area contributed by atoms with Crippen LogP contribution in [0.25, 0.3) is 10.9 Å². The third-order valence-corrected chi connectivity index (χ3v) is 5.01. The molecule has 0 N–H and O–H groups in total. The van der Waals surface area contributed by atoms with Crippen molar-refractivity contribution in [1.29, 1.82) is 0 Å². The van der Waals surface area contributed by atoms with Crippen molar-refractivity contribution in [1.82, 2.24) is 24.7 Å². The number of thioether (sulfide) groups is 1. The summed E-state index contributed by atoms with van der Waals surface area (Å²) in [6.07, 6.45) is 4.16. The van der Waals surface area contributed by atoms with Gasteiger partial charge in [0.1, 0.15) is 0 Å². The van der Waals surface area contributed by atoms with Gasteiger partial charge >= 0.3 is 0 Å². The third kappa shape index (κ3) is 3.75. The molecule has 8 heteroatoms. The molecule has 0 aliphatic heterocycles. The average Bonchev–Trinajstić information content (AvgIpc) is 3.18. The number of para-hydroxylation sites is 1. The van der Waals surface area contributed by atoms with Crippen molar-refractivity contribution in [3.8, 4) is 0 Å². The van der Waals surface area contributed by atoms with Gasteiger partial charge in [-0.3, -0.25) is 14.3 Å². The van der Waals surface area contributed by atoms with Gasteiger partial charge in [-0.2, -0.15) is 4.98 Å². The second kappa shape index (κ2) is 7.71. The summed E-state index contributed by atoms with van der Waals surface area (Å²) < 4.78 is 6.82. The van der Waals surface area contributed by atoms with Gasteiger partial charge in [-0.05, 0) is 23.8 Å². The van der Waals surface area contributed by atoms with Crippen LogP contribution in [0.2, 0.25) is 0 Å². The van der Waals surface area contributed by atoms with Crippen LogP contribution in [0.15, 0.2) is 63.3 Å². The molecule has 0 saturated heterocycles. The topological polar surface area (TPSA) is 86.7 Å². The molecule has 7 nitrogen and oxygen atoms in total. The van der Waals surface area contributed by atoms with E-state index in [4.69, 9.17) is 9.51 Å². The Morgan fingerprint density at radius 1 is 1.15 bits per heavy atom. The van der Waals surface area contributed by atoms with Gasteiger partial charge < -0.3 is 4.52 Å². The second-order valence-corrected chi connectivity index (χ2v) is 6.85. The van der Waals surface area contributed by atoms with Gasteiger partial charge in [0.05, 0.1) is 23.2 Å². The van der Waals surface area contributed by atoms with E-state index in [0.29, 0.717) is 46.5 Å². The lowest BCUT2D eigenvalue weighted by Gasteiger charge is -2.12. The smallest absolute Gasteiger partial charge is 0.262 e. The highest BCUT2D eigenvalue weighted by Gasteiger charge is 2.14. The van der Waals surface area contributed by atoms with Crippen LogP contribution in [0.4, 0.5) is 0 Å². The van der Waals surface area contributed by atoms with Crippen LogP contribution in [-0.4, -0.2) is 24.7 Å². The summed E-state index contributed by atoms with van der Waals surface area (Å²) in [5, 5.41) is 5.18. The van der Waals surface area contributed by atoms with Gasteiger partial charge in [-0.25, -0.2) is 4.98 Å². The normalized spacial score (nSPS) is 11.1. The van der Waals surface area contributed by atoms with Crippen molar-refractivity contribution in [2.75, 3.05) is 0 Å². The number of hydrogen-bond donors (Lipinski definition) is 0. The number of pyridine rings is 1. The van der Waals surface area contributed by atoms with Gasteiger partial charge in [0.15, 0.2) is 11.0 Å². The highest BCUT2D eigenvalue weighted by molar-refractivity contribution is 7.98. The summed E-state index contributed by atoms with van der Waals surface area (Å²) in [6, 6.07) is 11.2. The predicted octanol–water partition coefficient (Wildman–Crippen LogP) is 3.08. The number of aryl methyl sites for hydroxylation is 1.